The number of likely N-dealkylation sites (tertiary alicyclic amines) is 1. The third-order valence-electron chi connectivity index (χ3n) is 4.25. The van der Waals surface area contributed by atoms with Gasteiger partial charge in [-0.15, -0.1) is 0 Å². The Labute approximate surface area is 122 Å². The Kier molecular flexibility index (Phi) is 6.76. The van der Waals surface area contributed by atoms with Crippen molar-refractivity contribution in [2.75, 3.05) is 46.5 Å². The first-order valence-electron chi connectivity index (χ1n) is 7.91. The highest BCUT2D eigenvalue weighted by atomic mass is 16.5. The molecule has 0 spiro atoms. The van der Waals surface area contributed by atoms with E-state index in [0.717, 1.165) is 57.8 Å². The van der Waals surface area contributed by atoms with Crippen LogP contribution in [0.5, 0.6) is 0 Å². The molecule has 0 aromatic rings. The maximum atomic E-state index is 12.1. The number of nitrogens with zero attached hydrogens (tertiary/aromatic N) is 1. The van der Waals surface area contributed by atoms with Crippen molar-refractivity contribution in [2.24, 2.45) is 5.92 Å². The van der Waals surface area contributed by atoms with Gasteiger partial charge >= 0.3 is 0 Å². The zero-order valence-corrected chi connectivity index (χ0v) is 12.6. The van der Waals surface area contributed by atoms with Crippen molar-refractivity contribution < 1.29 is 14.3 Å². The number of amides is 1. The summed E-state index contributed by atoms with van der Waals surface area (Å²) in [6, 6.07) is 0. The molecule has 1 amide bonds. The molecule has 1 unspecified atom stereocenters. The van der Waals surface area contributed by atoms with E-state index in [0.29, 0.717) is 19.6 Å². The van der Waals surface area contributed by atoms with Gasteiger partial charge in [0.2, 0.25) is 5.91 Å². The van der Waals surface area contributed by atoms with Gasteiger partial charge < -0.3 is 19.7 Å². The highest BCUT2D eigenvalue weighted by Crippen LogP contribution is 2.17. The fourth-order valence-corrected chi connectivity index (χ4v) is 2.98. The fraction of sp³-hybridized carbons (Fsp3) is 0.933. The van der Waals surface area contributed by atoms with Gasteiger partial charge in [-0.05, 0) is 45.2 Å². The fourth-order valence-electron chi connectivity index (χ4n) is 2.98. The van der Waals surface area contributed by atoms with E-state index in [1.54, 1.807) is 0 Å². The Balaban J connectivity index is 1.53. The Bertz CT molecular complexity index is 285. The maximum absolute atomic E-state index is 12.1. The predicted octanol–water partition coefficient (Wildman–Crippen LogP) is 1.03. The second-order valence-electron chi connectivity index (χ2n) is 5.84. The molecule has 5 heteroatoms. The summed E-state index contributed by atoms with van der Waals surface area (Å²) in [5.41, 5.74) is 0. The Morgan fingerprint density at radius 3 is 2.80 bits per heavy atom. The lowest BCUT2D eigenvalue weighted by atomic mass is 9.97. The van der Waals surface area contributed by atoms with E-state index in [9.17, 15) is 4.79 Å². The third kappa shape index (κ3) is 5.04. The molecule has 2 rings (SSSR count). The molecule has 1 atom stereocenters. The van der Waals surface area contributed by atoms with Gasteiger partial charge in [-0.25, -0.2) is 0 Å². The molecule has 2 aliphatic heterocycles. The molecule has 1 N–H and O–H groups in total. The molecule has 0 aromatic heterocycles. The van der Waals surface area contributed by atoms with Crippen LogP contribution < -0.4 is 5.32 Å². The van der Waals surface area contributed by atoms with Crippen LogP contribution in [0, 0.1) is 5.92 Å². The number of ether oxygens (including phenoxy) is 2. The highest BCUT2D eigenvalue weighted by Gasteiger charge is 2.22. The molecule has 116 valence electrons. The topological polar surface area (TPSA) is 50.8 Å². The SMILES string of the molecule is CNCC1CCN(C(=O)CCOCC2CCCO2)CC1. The number of rotatable bonds is 7. The van der Waals surface area contributed by atoms with Crippen LogP contribution in [-0.2, 0) is 14.3 Å². The molecule has 0 bridgehead atoms. The average molecular weight is 284 g/mol. The van der Waals surface area contributed by atoms with Gasteiger partial charge in [0.1, 0.15) is 0 Å². The minimum absolute atomic E-state index is 0.236. The summed E-state index contributed by atoms with van der Waals surface area (Å²) in [6.07, 6.45) is 5.21. The van der Waals surface area contributed by atoms with Crippen LogP contribution >= 0.6 is 0 Å². The summed E-state index contributed by atoms with van der Waals surface area (Å²) in [5, 5.41) is 3.21. The number of hydrogen-bond donors (Lipinski definition) is 1. The summed E-state index contributed by atoms with van der Waals surface area (Å²) in [6.45, 7) is 4.88. The molecule has 0 saturated carbocycles. The molecule has 20 heavy (non-hydrogen) atoms. The normalized spacial score (nSPS) is 24.2. The zero-order chi connectivity index (χ0) is 14.2. The summed E-state index contributed by atoms with van der Waals surface area (Å²) >= 11 is 0. The van der Waals surface area contributed by atoms with E-state index in [1.165, 1.54) is 0 Å². The standard InChI is InChI=1S/C15H28N2O3/c1-16-11-13-4-7-17(8-5-13)15(18)6-10-19-12-14-3-2-9-20-14/h13-14,16H,2-12H2,1H3. The lowest BCUT2D eigenvalue weighted by Gasteiger charge is -2.32. The van der Waals surface area contributed by atoms with E-state index in [4.69, 9.17) is 9.47 Å². The smallest absolute Gasteiger partial charge is 0.224 e. The van der Waals surface area contributed by atoms with Crippen molar-refractivity contribution in [1.29, 1.82) is 0 Å². The molecular formula is C15H28N2O3. The summed E-state index contributed by atoms with van der Waals surface area (Å²) in [7, 11) is 1.99. The van der Waals surface area contributed by atoms with Crippen molar-refractivity contribution in [3.63, 3.8) is 0 Å². The van der Waals surface area contributed by atoms with Crippen LogP contribution in [0.25, 0.3) is 0 Å². The van der Waals surface area contributed by atoms with Crippen LogP contribution in [0.3, 0.4) is 0 Å². The summed E-state index contributed by atoms with van der Waals surface area (Å²) in [5.74, 6) is 0.958. The van der Waals surface area contributed by atoms with Crippen LogP contribution in [-0.4, -0.2) is 63.4 Å². The molecule has 0 radical (unpaired) electrons. The number of carbonyl (C=O) groups is 1. The number of carbonyl (C=O) groups excluding carboxylic acids is 1. The number of piperidine rings is 1. The molecule has 0 aromatic carbocycles. The van der Waals surface area contributed by atoms with Crippen LogP contribution in [0.15, 0.2) is 0 Å². The van der Waals surface area contributed by atoms with Crippen LogP contribution in [0.4, 0.5) is 0 Å². The van der Waals surface area contributed by atoms with Gasteiger partial charge in [-0.1, -0.05) is 0 Å². The van der Waals surface area contributed by atoms with Crippen molar-refractivity contribution in [2.45, 2.75) is 38.2 Å². The summed E-state index contributed by atoms with van der Waals surface area (Å²) < 4.78 is 11.0. The molecule has 5 nitrogen and oxygen atoms in total. The average Bonchev–Trinajstić information content (AvgIpc) is 2.98. The van der Waals surface area contributed by atoms with Crippen LogP contribution in [0.2, 0.25) is 0 Å². The number of nitrogens with one attached hydrogen (secondary N) is 1. The van der Waals surface area contributed by atoms with E-state index >= 15 is 0 Å². The second-order valence-corrected chi connectivity index (χ2v) is 5.84. The first-order valence-corrected chi connectivity index (χ1v) is 7.91. The van der Waals surface area contributed by atoms with Gasteiger partial charge in [0, 0.05) is 19.7 Å². The zero-order valence-electron chi connectivity index (χ0n) is 12.6. The maximum Gasteiger partial charge on any atom is 0.224 e. The lowest BCUT2D eigenvalue weighted by molar-refractivity contribution is -0.134. The van der Waals surface area contributed by atoms with Gasteiger partial charge in [-0.2, -0.15) is 0 Å². The van der Waals surface area contributed by atoms with E-state index in [-0.39, 0.29) is 12.0 Å². The van der Waals surface area contributed by atoms with Crippen molar-refractivity contribution >= 4 is 5.91 Å². The molecular weight excluding hydrogens is 256 g/mol. The monoisotopic (exact) mass is 284 g/mol. The van der Waals surface area contributed by atoms with E-state index < -0.39 is 0 Å². The van der Waals surface area contributed by atoms with Gasteiger partial charge in [0.25, 0.3) is 0 Å². The first kappa shape index (κ1) is 15.7. The third-order valence-corrected chi connectivity index (χ3v) is 4.25. The second kappa shape index (κ2) is 8.60. The molecule has 2 aliphatic rings. The minimum Gasteiger partial charge on any atom is -0.378 e. The van der Waals surface area contributed by atoms with E-state index in [2.05, 4.69) is 5.32 Å². The van der Waals surface area contributed by atoms with Crippen molar-refractivity contribution in [1.82, 2.24) is 10.2 Å². The minimum atomic E-state index is 0.236. The quantitative estimate of drug-likeness (QED) is 0.710. The molecule has 2 saturated heterocycles. The van der Waals surface area contributed by atoms with Gasteiger partial charge in [0.05, 0.1) is 25.7 Å². The molecule has 2 heterocycles. The summed E-state index contributed by atoms with van der Waals surface area (Å²) in [4.78, 5) is 14.0. The Hall–Kier alpha value is -0.650. The lowest BCUT2D eigenvalue weighted by Crippen LogP contribution is -2.40. The van der Waals surface area contributed by atoms with Crippen LogP contribution in [0.1, 0.15) is 32.1 Å². The predicted molar refractivity (Wildman–Crippen MR) is 77.6 cm³/mol. The largest absolute Gasteiger partial charge is 0.378 e. The highest BCUT2D eigenvalue weighted by molar-refractivity contribution is 5.76. The van der Waals surface area contributed by atoms with E-state index in [1.807, 2.05) is 11.9 Å². The van der Waals surface area contributed by atoms with Crippen molar-refractivity contribution in [3.8, 4) is 0 Å². The van der Waals surface area contributed by atoms with Gasteiger partial charge in [0.15, 0.2) is 0 Å². The van der Waals surface area contributed by atoms with Crippen molar-refractivity contribution in [3.05, 3.63) is 0 Å². The Morgan fingerprint density at radius 1 is 1.35 bits per heavy atom. The molecule has 0 aliphatic carbocycles. The Morgan fingerprint density at radius 2 is 2.15 bits per heavy atom. The first-order chi connectivity index (χ1) is 9.79. The number of hydrogen-bond acceptors (Lipinski definition) is 4. The van der Waals surface area contributed by atoms with Gasteiger partial charge in [-0.3, -0.25) is 4.79 Å². The molecule has 2 fully saturated rings.